The van der Waals surface area contributed by atoms with Crippen molar-refractivity contribution in [2.24, 2.45) is 0 Å². The summed E-state index contributed by atoms with van der Waals surface area (Å²) in [7, 11) is 0. The Hall–Kier alpha value is -5.32. The van der Waals surface area contributed by atoms with Crippen LogP contribution in [-0.4, -0.2) is 98.5 Å². The van der Waals surface area contributed by atoms with Gasteiger partial charge in [0.1, 0.15) is 18.0 Å². The van der Waals surface area contributed by atoms with Crippen LogP contribution in [0.1, 0.15) is 29.7 Å². The average Bonchev–Trinajstić information content (AvgIpc) is 3.95. The van der Waals surface area contributed by atoms with Gasteiger partial charge in [0.25, 0.3) is 0 Å². The smallest absolute Gasteiger partial charge is 0.450 e. The summed E-state index contributed by atoms with van der Waals surface area (Å²) in [4.78, 5) is 30.4. The number of aromatic nitrogens is 4. The number of alkyl halides is 3. The van der Waals surface area contributed by atoms with E-state index >= 15 is 0 Å². The molecule has 3 N–H and O–H groups in total. The van der Waals surface area contributed by atoms with Gasteiger partial charge in [0.15, 0.2) is 29.3 Å². The van der Waals surface area contributed by atoms with Crippen LogP contribution in [0.3, 0.4) is 0 Å². The highest BCUT2D eigenvalue weighted by Gasteiger charge is 2.52. The molecule has 16 heteroatoms. The number of imidazole rings is 1. The van der Waals surface area contributed by atoms with Crippen molar-refractivity contribution >= 4 is 34.6 Å². The summed E-state index contributed by atoms with van der Waals surface area (Å²) in [5.74, 6) is -2.18. The van der Waals surface area contributed by atoms with Gasteiger partial charge in [-0.15, -0.1) is 0 Å². The first-order valence-corrected chi connectivity index (χ1v) is 17.2. The van der Waals surface area contributed by atoms with Crippen molar-refractivity contribution in [3.63, 3.8) is 0 Å². The quantitative estimate of drug-likeness (QED) is 0.139. The molecule has 0 saturated carbocycles. The number of hydrogen-bond acceptors (Lipinski definition) is 11. The molecule has 0 aliphatic carbocycles. The molecule has 276 valence electrons. The second-order valence-corrected chi connectivity index (χ2v) is 13.4. The van der Waals surface area contributed by atoms with Gasteiger partial charge < -0.3 is 34.8 Å². The lowest BCUT2D eigenvalue weighted by molar-refractivity contribution is -0.210. The number of carbonyl (C=O) groups is 1. The summed E-state index contributed by atoms with van der Waals surface area (Å²) < 4.78 is 64.7. The van der Waals surface area contributed by atoms with Crippen LogP contribution in [0.4, 0.5) is 35.0 Å². The van der Waals surface area contributed by atoms with Crippen molar-refractivity contribution < 1.29 is 42.0 Å². The molecule has 53 heavy (non-hydrogen) atoms. The van der Waals surface area contributed by atoms with Crippen molar-refractivity contribution in [2.75, 3.05) is 41.4 Å². The number of halogens is 4. The third-order valence-electron chi connectivity index (χ3n) is 10.2. The second kappa shape index (κ2) is 13.9. The molecular formula is C37H35F4N7O5. The van der Waals surface area contributed by atoms with E-state index in [0.29, 0.717) is 36.9 Å². The number of esters is 1. The van der Waals surface area contributed by atoms with Crippen LogP contribution in [0.2, 0.25) is 0 Å². The molecule has 3 fully saturated rings. The van der Waals surface area contributed by atoms with E-state index in [2.05, 4.69) is 24.8 Å². The average molecular weight is 734 g/mol. The molecule has 0 radical (unpaired) electrons. The van der Waals surface area contributed by atoms with Gasteiger partial charge in [-0.05, 0) is 41.8 Å². The highest BCUT2D eigenvalue weighted by molar-refractivity contribution is 5.85. The molecule has 2 aromatic heterocycles. The number of aliphatic hydroxyl groups excluding tert-OH is 2. The second-order valence-electron chi connectivity index (χ2n) is 13.4. The number of hydrogen-bond donors (Lipinski definition) is 3. The third-order valence-corrected chi connectivity index (χ3v) is 10.2. The van der Waals surface area contributed by atoms with E-state index in [0.717, 1.165) is 23.2 Å². The number of nitrogens with zero attached hydrogens (tertiary/aromatic N) is 6. The van der Waals surface area contributed by atoms with Crippen molar-refractivity contribution in [1.29, 1.82) is 0 Å². The molecule has 6 atom stereocenters. The van der Waals surface area contributed by atoms with Gasteiger partial charge in [-0.2, -0.15) is 23.1 Å². The SMILES string of the molecule is O=C(O[C@H]1[C@@H](O)[C@H](n2cnc3c(NCC(c4ccccc4)c4ccccc4)nc(N4C[C@@H]5C[C@H]4CN5c4ccc(F)cc4)nc32)O[C@@H]1CO)C(F)(F)F. The van der Waals surface area contributed by atoms with Gasteiger partial charge in [0.05, 0.1) is 19.0 Å². The first kappa shape index (κ1) is 34.7. The van der Waals surface area contributed by atoms with Crippen molar-refractivity contribution in [3.8, 4) is 0 Å². The highest BCUT2D eigenvalue weighted by Crippen LogP contribution is 2.39. The molecule has 0 unspecified atom stereocenters. The molecule has 5 aromatic rings. The lowest BCUT2D eigenvalue weighted by Gasteiger charge is -2.35. The van der Waals surface area contributed by atoms with Gasteiger partial charge in [-0.25, -0.2) is 14.2 Å². The summed E-state index contributed by atoms with van der Waals surface area (Å²) in [5, 5.41) is 24.6. The van der Waals surface area contributed by atoms with Gasteiger partial charge in [0, 0.05) is 37.3 Å². The summed E-state index contributed by atoms with van der Waals surface area (Å²) in [5.41, 5.74) is 3.55. The number of fused-ring (bicyclic) bond motifs is 3. The molecule has 2 bridgehead atoms. The number of carbonyl (C=O) groups excluding carboxylic acids is 1. The van der Waals surface area contributed by atoms with Gasteiger partial charge in [-0.3, -0.25) is 4.57 Å². The standard InChI is InChI=1S/C37H35F4N7O5/c38-23-11-13-24(14-12-23)46-17-26-15-25(46)18-47(26)36-44-32(42-16-27(21-7-3-1-4-8-21)22-9-5-2-6-10-22)29-33(45-36)48(20-43-29)34-30(50)31(28(19-49)52-34)53-35(51)37(39,40)41/h1-14,20,25-28,30-31,34,49-50H,15-19H2,(H,42,44,45)/t25-,26-,28+,30+,31+,34+/m0/s1. The lowest BCUT2D eigenvalue weighted by atomic mass is 9.91. The van der Waals surface area contributed by atoms with Gasteiger partial charge in [-0.1, -0.05) is 60.7 Å². The monoisotopic (exact) mass is 733 g/mol. The number of rotatable bonds is 10. The number of nitrogens with one attached hydrogen (secondary N) is 1. The fraction of sp³-hybridized carbons (Fsp3) is 0.351. The van der Waals surface area contributed by atoms with Crippen molar-refractivity contribution in [1.82, 2.24) is 19.5 Å². The maximum atomic E-state index is 13.7. The molecule has 3 saturated heterocycles. The number of ether oxygens (including phenoxy) is 2. The van der Waals surface area contributed by atoms with E-state index in [4.69, 9.17) is 14.7 Å². The van der Waals surface area contributed by atoms with E-state index in [1.54, 1.807) is 12.1 Å². The van der Waals surface area contributed by atoms with E-state index in [9.17, 15) is 32.6 Å². The zero-order chi connectivity index (χ0) is 36.9. The molecular weight excluding hydrogens is 698 g/mol. The molecule has 5 heterocycles. The zero-order valence-electron chi connectivity index (χ0n) is 28.1. The predicted octanol–water partition coefficient (Wildman–Crippen LogP) is 4.40. The normalized spacial score (nSPS) is 24.1. The first-order chi connectivity index (χ1) is 25.6. The van der Waals surface area contributed by atoms with Crippen LogP contribution in [-0.2, 0) is 14.3 Å². The van der Waals surface area contributed by atoms with Crippen molar-refractivity contribution in [2.45, 2.75) is 55.1 Å². The number of aliphatic hydroxyl groups is 2. The van der Waals surface area contributed by atoms with Gasteiger partial charge in [0.2, 0.25) is 5.95 Å². The molecule has 12 nitrogen and oxygen atoms in total. The fourth-order valence-electron chi connectivity index (χ4n) is 7.63. The highest BCUT2D eigenvalue weighted by atomic mass is 19.4. The van der Waals surface area contributed by atoms with Crippen LogP contribution in [0.5, 0.6) is 0 Å². The predicted molar refractivity (Wildman–Crippen MR) is 185 cm³/mol. The molecule has 3 aliphatic heterocycles. The van der Waals surface area contributed by atoms with Crippen LogP contribution in [0, 0.1) is 5.82 Å². The Morgan fingerprint density at radius 1 is 0.943 bits per heavy atom. The largest absolute Gasteiger partial charge is 0.490 e. The Bertz CT molecular complexity index is 2030. The van der Waals surface area contributed by atoms with E-state index in [1.165, 1.54) is 23.0 Å². The minimum absolute atomic E-state index is 0.00589. The Morgan fingerprint density at radius 3 is 2.19 bits per heavy atom. The number of piperazine rings is 1. The van der Waals surface area contributed by atoms with Crippen LogP contribution in [0.15, 0.2) is 91.3 Å². The molecule has 0 spiro atoms. The zero-order valence-corrected chi connectivity index (χ0v) is 28.1. The summed E-state index contributed by atoms with van der Waals surface area (Å²) >= 11 is 0. The van der Waals surface area contributed by atoms with Gasteiger partial charge >= 0.3 is 12.1 Å². The molecule has 3 aliphatic rings. The number of benzene rings is 3. The van der Waals surface area contributed by atoms with Crippen molar-refractivity contribution in [3.05, 3.63) is 108 Å². The van der Waals surface area contributed by atoms with Crippen LogP contribution in [0.25, 0.3) is 11.2 Å². The fourth-order valence-corrected chi connectivity index (χ4v) is 7.63. The Labute approximate surface area is 300 Å². The minimum Gasteiger partial charge on any atom is -0.450 e. The topological polar surface area (TPSA) is 138 Å². The Kier molecular flexibility index (Phi) is 9.12. The minimum atomic E-state index is -5.32. The summed E-state index contributed by atoms with van der Waals surface area (Å²) in [6, 6.07) is 26.4. The summed E-state index contributed by atoms with van der Waals surface area (Å²) in [6.07, 6.45) is -9.69. The Balaban J connectivity index is 1.14. The molecule has 8 rings (SSSR count). The van der Waals surface area contributed by atoms with Crippen LogP contribution >= 0.6 is 0 Å². The first-order valence-electron chi connectivity index (χ1n) is 17.2. The van der Waals surface area contributed by atoms with E-state index in [1.807, 2.05) is 60.7 Å². The molecule has 3 aromatic carbocycles. The van der Waals surface area contributed by atoms with Crippen LogP contribution < -0.4 is 15.1 Å². The van der Waals surface area contributed by atoms with E-state index < -0.39 is 43.3 Å². The maximum absolute atomic E-state index is 13.7. The number of anilines is 3. The summed E-state index contributed by atoms with van der Waals surface area (Å²) in [6.45, 7) is 0.771. The van der Waals surface area contributed by atoms with E-state index in [-0.39, 0.29) is 29.5 Å². The molecule has 0 amide bonds. The maximum Gasteiger partial charge on any atom is 0.490 e. The lowest BCUT2D eigenvalue weighted by Crippen LogP contribution is -2.47. The Morgan fingerprint density at radius 2 is 1.58 bits per heavy atom. The third kappa shape index (κ3) is 6.62.